The Hall–Kier alpha value is -0.790. The van der Waals surface area contributed by atoms with E-state index >= 15 is 0 Å². The van der Waals surface area contributed by atoms with Gasteiger partial charge in [-0.05, 0) is 17.7 Å². The van der Waals surface area contributed by atoms with Crippen molar-refractivity contribution in [2.24, 2.45) is 5.84 Å². The Morgan fingerprint density at radius 1 is 1.43 bits per heavy atom. The van der Waals surface area contributed by atoms with Crippen LogP contribution in [-0.4, -0.2) is 0 Å². The highest BCUT2D eigenvalue weighted by atomic mass is 35.5. The highest BCUT2D eigenvalue weighted by molar-refractivity contribution is 6.42. The van der Waals surface area contributed by atoms with E-state index in [1.807, 2.05) is 6.07 Å². The molecule has 1 aromatic carbocycles. The van der Waals surface area contributed by atoms with Gasteiger partial charge >= 0.3 is 0 Å². The van der Waals surface area contributed by atoms with Gasteiger partial charge in [-0.15, -0.1) is 0 Å². The van der Waals surface area contributed by atoms with Crippen molar-refractivity contribution in [3.63, 3.8) is 0 Å². The van der Waals surface area contributed by atoms with Crippen molar-refractivity contribution in [1.82, 2.24) is 5.43 Å². The SMILES string of the molecule is N#CCC(NN)c1ccc(Cl)c(Cl)c1. The Balaban J connectivity index is 2.95. The molecule has 0 aliphatic rings. The van der Waals surface area contributed by atoms with Gasteiger partial charge in [0.2, 0.25) is 0 Å². The zero-order valence-electron chi connectivity index (χ0n) is 7.30. The lowest BCUT2D eigenvalue weighted by Crippen LogP contribution is -2.27. The van der Waals surface area contributed by atoms with Crippen LogP contribution in [0, 0.1) is 11.3 Å². The van der Waals surface area contributed by atoms with Gasteiger partial charge in [0.25, 0.3) is 0 Å². The van der Waals surface area contributed by atoms with Crippen LogP contribution in [0.4, 0.5) is 0 Å². The van der Waals surface area contributed by atoms with Crippen molar-refractivity contribution in [1.29, 1.82) is 5.26 Å². The molecule has 0 saturated carbocycles. The molecule has 0 heterocycles. The van der Waals surface area contributed by atoms with Crippen LogP contribution in [0.1, 0.15) is 18.0 Å². The summed E-state index contributed by atoms with van der Waals surface area (Å²) >= 11 is 11.6. The lowest BCUT2D eigenvalue weighted by atomic mass is 10.1. The van der Waals surface area contributed by atoms with Crippen molar-refractivity contribution in [3.05, 3.63) is 33.8 Å². The second kappa shape index (κ2) is 5.18. The van der Waals surface area contributed by atoms with Gasteiger partial charge in [-0.2, -0.15) is 5.26 Å². The van der Waals surface area contributed by atoms with E-state index in [4.69, 9.17) is 34.3 Å². The number of nitriles is 1. The zero-order valence-corrected chi connectivity index (χ0v) is 8.81. The van der Waals surface area contributed by atoms with Gasteiger partial charge < -0.3 is 0 Å². The molecule has 5 heteroatoms. The number of rotatable bonds is 3. The first kappa shape index (κ1) is 11.3. The van der Waals surface area contributed by atoms with Crippen LogP contribution in [0.5, 0.6) is 0 Å². The van der Waals surface area contributed by atoms with Crippen molar-refractivity contribution in [2.45, 2.75) is 12.5 Å². The first-order chi connectivity index (χ1) is 6.69. The first-order valence-corrected chi connectivity index (χ1v) is 4.72. The van der Waals surface area contributed by atoms with Gasteiger partial charge in [0.15, 0.2) is 0 Å². The molecule has 0 spiro atoms. The van der Waals surface area contributed by atoms with E-state index in [0.717, 1.165) is 5.56 Å². The van der Waals surface area contributed by atoms with Gasteiger partial charge in [0.05, 0.1) is 28.6 Å². The molecule has 3 nitrogen and oxygen atoms in total. The quantitative estimate of drug-likeness (QED) is 0.619. The lowest BCUT2D eigenvalue weighted by Gasteiger charge is -2.12. The zero-order chi connectivity index (χ0) is 10.6. The minimum Gasteiger partial charge on any atom is -0.271 e. The van der Waals surface area contributed by atoms with Gasteiger partial charge in [0.1, 0.15) is 0 Å². The fourth-order valence-corrected chi connectivity index (χ4v) is 1.40. The largest absolute Gasteiger partial charge is 0.271 e. The molecule has 0 aliphatic carbocycles. The van der Waals surface area contributed by atoms with Crippen LogP contribution in [0.2, 0.25) is 10.0 Å². The molecule has 0 bridgehead atoms. The van der Waals surface area contributed by atoms with Crippen molar-refractivity contribution >= 4 is 23.2 Å². The number of hydrazine groups is 1. The van der Waals surface area contributed by atoms with E-state index in [-0.39, 0.29) is 12.5 Å². The van der Waals surface area contributed by atoms with Crippen LogP contribution < -0.4 is 11.3 Å². The number of halogens is 2. The van der Waals surface area contributed by atoms with Crippen LogP contribution in [0.3, 0.4) is 0 Å². The third-order valence-corrected chi connectivity index (χ3v) is 2.58. The lowest BCUT2D eigenvalue weighted by molar-refractivity contribution is 0.566. The average Bonchev–Trinajstić information content (AvgIpc) is 2.19. The van der Waals surface area contributed by atoms with E-state index in [0.29, 0.717) is 10.0 Å². The maximum absolute atomic E-state index is 8.55. The molecule has 74 valence electrons. The number of nitrogens with two attached hydrogens (primary N) is 1. The molecule has 1 unspecified atom stereocenters. The second-order valence-electron chi connectivity index (χ2n) is 2.76. The molecule has 1 aromatic rings. The van der Waals surface area contributed by atoms with E-state index in [1.165, 1.54) is 0 Å². The maximum Gasteiger partial charge on any atom is 0.0642 e. The summed E-state index contributed by atoms with van der Waals surface area (Å²) < 4.78 is 0. The van der Waals surface area contributed by atoms with E-state index in [1.54, 1.807) is 18.2 Å². The minimum atomic E-state index is -0.213. The van der Waals surface area contributed by atoms with Crippen LogP contribution in [0.25, 0.3) is 0 Å². The Bertz CT molecular complexity index is 360. The first-order valence-electron chi connectivity index (χ1n) is 3.97. The van der Waals surface area contributed by atoms with E-state index in [9.17, 15) is 0 Å². The summed E-state index contributed by atoms with van der Waals surface area (Å²) in [5.74, 6) is 5.30. The summed E-state index contributed by atoms with van der Waals surface area (Å²) in [7, 11) is 0. The standard InChI is InChI=1S/C9H9Cl2N3/c10-7-2-1-6(5-8(7)11)9(14-13)3-4-12/h1-2,5,9,14H,3,13H2. The third-order valence-electron chi connectivity index (χ3n) is 1.84. The minimum absolute atomic E-state index is 0.213. The number of nitrogens with one attached hydrogen (secondary N) is 1. The highest BCUT2D eigenvalue weighted by Crippen LogP contribution is 2.26. The Kier molecular flexibility index (Phi) is 4.18. The molecular formula is C9H9Cl2N3. The number of nitrogens with zero attached hydrogens (tertiary/aromatic N) is 1. The summed E-state index contributed by atoms with van der Waals surface area (Å²) in [4.78, 5) is 0. The third kappa shape index (κ3) is 2.60. The Morgan fingerprint density at radius 3 is 2.64 bits per heavy atom. The molecule has 14 heavy (non-hydrogen) atoms. The summed E-state index contributed by atoms with van der Waals surface area (Å²) in [6.45, 7) is 0. The van der Waals surface area contributed by atoms with Gasteiger partial charge in [-0.25, -0.2) is 0 Å². The highest BCUT2D eigenvalue weighted by Gasteiger charge is 2.10. The molecule has 0 amide bonds. The average molecular weight is 230 g/mol. The molecule has 3 N–H and O–H groups in total. The van der Waals surface area contributed by atoms with Crippen LogP contribution in [0.15, 0.2) is 18.2 Å². The smallest absolute Gasteiger partial charge is 0.0642 e. The molecule has 0 radical (unpaired) electrons. The topological polar surface area (TPSA) is 61.8 Å². The molecule has 0 fully saturated rings. The van der Waals surface area contributed by atoms with Crippen LogP contribution in [-0.2, 0) is 0 Å². The molecule has 0 saturated heterocycles. The number of benzene rings is 1. The van der Waals surface area contributed by atoms with E-state index < -0.39 is 0 Å². The van der Waals surface area contributed by atoms with Gasteiger partial charge in [0, 0.05) is 0 Å². The Morgan fingerprint density at radius 2 is 2.14 bits per heavy atom. The summed E-state index contributed by atoms with van der Waals surface area (Å²) in [5, 5.41) is 9.50. The summed E-state index contributed by atoms with van der Waals surface area (Å²) in [5.41, 5.74) is 3.39. The Labute approximate surface area is 92.4 Å². The second-order valence-corrected chi connectivity index (χ2v) is 3.57. The maximum atomic E-state index is 8.55. The summed E-state index contributed by atoms with van der Waals surface area (Å²) in [6.07, 6.45) is 0.286. The fraction of sp³-hybridized carbons (Fsp3) is 0.222. The number of hydrogen-bond acceptors (Lipinski definition) is 3. The molecular weight excluding hydrogens is 221 g/mol. The van der Waals surface area contributed by atoms with Crippen molar-refractivity contribution < 1.29 is 0 Å². The monoisotopic (exact) mass is 229 g/mol. The predicted octanol–water partition coefficient (Wildman–Crippen LogP) is 2.41. The molecule has 1 atom stereocenters. The number of hydrogen-bond donors (Lipinski definition) is 2. The normalized spacial score (nSPS) is 12.1. The molecule has 0 aromatic heterocycles. The molecule has 1 rings (SSSR count). The summed E-state index contributed by atoms with van der Waals surface area (Å²) in [6, 6.07) is 6.99. The van der Waals surface area contributed by atoms with Crippen molar-refractivity contribution in [3.8, 4) is 6.07 Å². The van der Waals surface area contributed by atoms with E-state index in [2.05, 4.69) is 5.43 Å². The van der Waals surface area contributed by atoms with Gasteiger partial charge in [-0.3, -0.25) is 11.3 Å². The fourth-order valence-electron chi connectivity index (χ4n) is 1.09. The van der Waals surface area contributed by atoms with Crippen LogP contribution >= 0.6 is 23.2 Å². The van der Waals surface area contributed by atoms with Gasteiger partial charge in [-0.1, -0.05) is 29.3 Å². The molecule has 0 aliphatic heterocycles. The predicted molar refractivity (Wildman–Crippen MR) is 56.8 cm³/mol. The van der Waals surface area contributed by atoms with Crippen molar-refractivity contribution in [2.75, 3.05) is 0 Å².